The van der Waals surface area contributed by atoms with Crippen LogP contribution >= 0.6 is 0 Å². The lowest BCUT2D eigenvalue weighted by Crippen LogP contribution is -2.30. The highest BCUT2D eigenvalue weighted by atomic mass is 32.2. The molecule has 0 fully saturated rings. The number of sulfonamides is 1. The quantitative estimate of drug-likeness (QED) is 0.328. The fourth-order valence-electron chi connectivity index (χ4n) is 4.08. The van der Waals surface area contributed by atoms with Gasteiger partial charge >= 0.3 is 0 Å². The van der Waals surface area contributed by atoms with E-state index >= 15 is 0 Å². The normalized spacial score (nSPS) is 12.2. The molecule has 1 heterocycles. The van der Waals surface area contributed by atoms with Crippen LogP contribution in [0.1, 0.15) is 33.3 Å². The molecule has 5 heteroatoms. The summed E-state index contributed by atoms with van der Waals surface area (Å²) in [5.74, 6) is 0.519. The number of hydrogen-bond acceptors (Lipinski definition) is 2. The Morgan fingerprint density at radius 1 is 0.818 bits per heavy atom. The average molecular weight is 461 g/mol. The lowest BCUT2D eigenvalue weighted by Gasteiger charge is -2.10. The number of aromatic nitrogens is 1. The van der Waals surface area contributed by atoms with E-state index in [1.54, 1.807) is 13.8 Å². The number of nitrogens with zero attached hydrogens (tertiary/aromatic N) is 1. The molecule has 0 bridgehead atoms. The Hall–Kier alpha value is -2.89. The summed E-state index contributed by atoms with van der Waals surface area (Å²) in [6, 6.07) is 25.3. The SMILES string of the molecule is CC(C)Cn1cc(-c2cccc(CNS(=O)(=O)C(C)C)c2)c2ccc(-c3ccccc3)cc21. The zero-order valence-electron chi connectivity index (χ0n) is 19.7. The van der Waals surface area contributed by atoms with Crippen molar-refractivity contribution in [3.63, 3.8) is 0 Å². The second-order valence-electron chi connectivity index (χ2n) is 9.30. The summed E-state index contributed by atoms with van der Waals surface area (Å²) in [5.41, 5.74) is 6.83. The van der Waals surface area contributed by atoms with Crippen LogP contribution in [0.2, 0.25) is 0 Å². The van der Waals surface area contributed by atoms with E-state index in [-0.39, 0.29) is 6.54 Å². The molecule has 1 aromatic heterocycles. The predicted molar refractivity (Wildman–Crippen MR) is 139 cm³/mol. The maximum atomic E-state index is 12.2. The summed E-state index contributed by atoms with van der Waals surface area (Å²) in [5, 5.41) is 0.753. The van der Waals surface area contributed by atoms with E-state index in [0.29, 0.717) is 5.92 Å². The maximum Gasteiger partial charge on any atom is 0.214 e. The fourth-order valence-corrected chi connectivity index (χ4v) is 4.78. The van der Waals surface area contributed by atoms with Crippen LogP contribution < -0.4 is 4.72 Å². The van der Waals surface area contributed by atoms with Crippen molar-refractivity contribution < 1.29 is 8.42 Å². The van der Waals surface area contributed by atoms with Gasteiger partial charge in [0.05, 0.1) is 5.25 Å². The van der Waals surface area contributed by atoms with Crippen molar-refractivity contribution in [1.29, 1.82) is 0 Å². The van der Waals surface area contributed by atoms with E-state index in [1.165, 1.54) is 27.6 Å². The van der Waals surface area contributed by atoms with E-state index in [2.05, 4.69) is 83.9 Å². The summed E-state index contributed by atoms with van der Waals surface area (Å²) in [4.78, 5) is 0. The Bertz CT molecular complexity index is 1350. The van der Waals surface area contributed by atoms with Crippen molar-refractivity contribution in [2.24, 2.45) is 5.92 Å². The van der Waals surface area contributed by atoms with Gasteiger partial charge < -0.3 is 4.57 Å². The van der Waals surface area contributed by atoms with Gasteiger partial charge in [-0.1, -0.05) is 74.5 Å². The minimum absolute atomic E-state index is 0.289. The molecule has 0 unspecified atom stereocenters. The minimum Gasteiger partial charge on any atom is -0.347 e. The van der Waals surface area contributed by atoms with Crippen molar-refractivity contribution in [3.05, 3.63) is 84.6 Å². The van der Waals surface area contributed by atoms with Crippen LogP contribution in [0.5, 0.6) is 0 Å². The number of nitrogens with one attached hydrogen (secondary N) is 1. The van der Waals surface area contributed by atoms with Gasteiger partial charge in [0, 0.05) is 35.8 Å². The molecule has 4 nitrogen and oxygen atoms in total. The van der Waals surface area contributed by atoms with Crippen LogP contribution in [0.3, 0.4) is 0 Å². The predicted octanol–water partition coefficient (Wildman–Crippen LogP) is 6.46. The largest absolute Gasteiger partial charge is 0.347 e. The van der Waals surface area contributed by atoms with Crippen LogP contribution in [0.4, 0.5) is 0 Å². The van der Waals surface area contributed by atoms with Crippen LogP contribution in [0, 0.1) is 5.92 Å². The van der Waals surface area contributed by atoms with Crippen LogP contribution in [-0.2, 0) is 23.1 Å². The van der Waals surface area contributed by atoms with Crippen molar-refractivity contribution in [3.8, 4) is 22.3 Å². The number of benzene rings is 3. The standard InChI is InChI=1S/C28H32N2O2S/c1-20(2)18-30-19-27(25-12-8-9-22(15-25)17-29-33(31,32)21(3)4)26-14-13-24(16-28(26)30)23-10-6-5-7-11-23/h5-16,19-21,29H,17-18H2,1-4H3. The van der Waals surface area contributed by atoms with Gasteiger partial charge in [0.15, 0.2) is 0 Å². The third-order valence-electron chi connectivity index (χ3n) is 5.89. The summed E-state index contributed by atoms with van der Waals surface area (Å²) in [7, 11) is -3.30. The highest BCUT2D eigenvalue weighted by molar-refractivity contribution is 7.90. The molecule has 0 aliphatic heterocycles. The second-order valence-corrected chi connectivity index (χ2v) is 11.6. The zero-order chi connectivity index (χ0) is 23.6. The molecule has 0 aliphatic rings. The molecule has 0 amide bonds. The first-order chi connectivity index (χ1) is 15.7. The first kappa shape index (κ1) is 23.3. The molecule has 3 aromatic carbocycles. The van der Waals surface area contributed by atoms with Crippen LogP contribution in [0.25, 0.3) is 33.2 Å². The first-order valence-electron chi connectivity index (χ1n) is 11.5. The molecule has 0 spiro atoms. The lowest BCUT2D eigenvalue weighted by molar-refractivity contribution is 0.535. The molecule has 0 radical (unpaired) electrons. The smallest absolute Gasteiger partial charge is 0.214 e. The number of fused-ring (bicyclic) bond motifs is 1. The summed E-state index contributed by atoms with van der Waals surface area (Å²) >= 11 is 0. The molecule has 0 aliphatic carbocycles. The molecule has 172 valence electrons. The highest BCUT2D eigenvalue weighted by Crippen LogP contribution is 2.34. The lowest BCUT2D eigenvalue weighted by atomic mass is 10.00. The Morgan fingerprint density at radius 2 is 1.55 bits per heavy atom. The summed E-state index contributed by atoms with van der Waals surface area (Å²) < 4.78 is 29.4. The third kappa shape index (κ3) is 5.21. The van der Waals surface area contributed by atoms with Crippen molar-refractivity contribution in [1.82, 2.24) is 9.29 Å². The molecule has 4 rings (SSSR count). The van der Waals surface area contributed by atoms with Crippen molar-refractivity contribution in [2.75, 3.05) is 0 Å². The van der Waals surface area contributed by atoms with E-state index in [4.69, 9.17) is 0 Å². The Morgan fingerprint density at radius 3 is 2.24 bits per heavy atom. The van der Waals surface area contributed by atoms with E-state index < -0.39 is 15.3 Å². The molecular weight excluding hydrogens is 428 g/mol. The first-order valence-corrected chi connectivity index (χ1v) is 13.1. The summed E-state index contributed by atoms with van der Waals surface area (Å²) in [6.07, 6.45) is 2.23. The number of rotatable bonds is 8. The zero-order valence-corrected chi connectivity index (χ0v) is 20.6. The van der Waals surface area contributed by atoms with Gasteiger partial charge in [-0.25, -0.2) is 13.1 Å². The molecule has 0 saturated heterocycles. The van der Waals surface area contributed by atoms with E-state index in [0.717, 1.165) is 17.7 Å². The highest BCUT2D eigenvalue weighted by Gasteiger charge is 2.16. The van der Waals surface area contributed by atoms with Gasteiger partial charge in [-0.05, 0) is 54.2 Å². The monoisotopic (exact) mass is 460 g/mol. The maximum absolute atomic E-state index is 12.2. The Labute approximate surface area is 197 Å². The molecular formula is C28H32N2O2S. The van der Waals surface area contributed by atoms with Gasteiger partial charge in [0.1, 0.15) is 0 Å². The third-order valence-corrected chi connectivity index (χ3v) is 7.68. The van der Waals surface area contributed by atoms with Gasteiger partial charge in [0.2, 0.25) is 10.0 Å². The van der Waals surface area contributed by atoms with Crippen molar-refractivity contribution in [2.45, 2.75) is 46.0 Å². The fraction of sp³-hybridized carbons (Fsp3) is 0.286. The van der Waals surface area contributed by atoms with Gasteiger partial charge in [-0.3, -0.25) is 0 Å². The minimum atomic E-state index is -3.30. The van der Waals surface area contributed by atoms with Gasteiger partial charge in [-0.15, -0.1) is 0 Å². The van der Waals surface area contributed by atoms with E-state index in [9.17, 15) is 8.42 Å². The van der Waals surface area contributed by atoms with E-state index in [1.807, 2.05) is 18.2 Å². The Kier molecular flexibility index (Phi) is 6.73. The number of hydrogen-bond donors (Lipinski definition) is 1. The summed E-state index contributed by atoms with van der Waals surface area (Å²) in [6.45, 7) is 9.06. The molecule has 0 saturated carbocycles. The second kappa shape index (κ2) is 9.54. The Balaban J connectivity index is 1.75. The van der Waals surface area contributed by atoms with Gasteiger partial charge in [-0.2, -0.15) is 0 Å². The molecule has 4 aromatic rings. The molecule has 33 heavy (non-hydrogen) atoms. The van der Waals surface area contributed by atoms with Crippen LogP contribution in [-0.4, -0.2) is 18.2 Å². The van der Waals surface area contributed by atoms with Crippen LogP contribution in [0.15, 0.2) is 79.0 Å². The molecule has 0 atom stereocenters. The molecule has 1 N–H and O–H groups in total. The van der Waals surface area contributed by atoms with Gasteiger partial charge in [0.25, 0.3) is 0 Å². The topological polar surface area (TPSA) is 51.1 Å². The average Bonchev–Trinajstić information content (AvgIpc) is 3.15. The van der Waals surface area contributed by atoms with Crippen molar-refractivity contribution >= 4 is 20.9 Å².